The van der Waals surface area contributed by atoms with Crippen molar-refractivity contribution in [2.75, 3.05) is 24.6 Å². The van der Waals surface area contributed by atoms with Crippen molar-refractivity contribution in [1.82, 2.24) is 10.6 Å². The molecule has 0 aliphatic heterocycles. The second-order valence-electron chi connectivity index (χ2n) is 10.5. The molecule has 3 aromatic carbocycles. The smallest absolute Gasteiger partial charge is 0.872 e. The van der Waals surface area contributed by atoms with E-state index in [2.05, 4.69) is 72.9 Å². The van der Waals surface area contributed by atoms with Crippen LogP contribution < -0.4 is 80.0 Å². The van der Waals surface area contributed by atoms with Gasteiger partial charge in [0.2, 0.25) is 5.76 Å². The monoisotopic (exact) mass is 1040 g/mol. The number of carboxylic acid groups (broad SMARTS) is 1. The molecule has 0 aromatic heterocycles. The first-order valence-corrected chi connectivity index (χ1v) is 21.0. The normalized spacial score (nSPS) is 11.9. The Labute approximate surface area is 397 Å². The van der Waals surface area contributed by atoms with Crippen molar-refractivity contribution in [3.8, 4) is 28.4 Å². The van der Waals surface area contributed by atoms with Crippen LogP contribution in [0.1, 0.15) is 16.7 Å². The minimum atomic E-state index is -5.20. The molecule has 0 fully saturated rings. The van der Waals surface area contributed by atoms with Gasteiger partial charge in [-0.05, 0) is 68.5 Å². The van der Waals surface area contributed by atoms with Gasteiger partial charge in [-0.3, -0.25) is 14.1 Å². The standard InChI is InChI=1S/C31H29Br3N4O13S3.2Na/c32-20-9-15(1-2-25(20)39)12-23(37-46)29(42)35-3-5-52-53-6-4-36-30(43)24(38-47)13-16-7-18(27(40)21(33)10-16)19-8-17(11-22(34)28(19)41)14-26(31(44)45)51-54(48,49)50;;/h1-2,7-11,14,39-41,46-47H,3-6,12-13H2,(H,35,42)(H,36,43)(H,44,45)(H,48,49,50);;/q;2*+1/p-2/b26-14-,37-23+,38-24+;;. The molecule has 0 unspecified atom stereocenters. The fraction of sp³-hybridized carbons (Fsp3) is 0.194. The Morgan fingerprint density at radius 3 is 1.84 bits per heavy atom. The Morgan fingerprint density at radius 1 is 0.804 bits per heavy atom. The Kier molecular flexibility index (Phi) is 23.0. The van der Waals surface area contributed by atoms with Crippen molar-refractivity contribution in [2.24, 2.45) is 10.3 Å². The number of aliphatic carboxylic acids is 1. The van der Waals surface area contributed by atoms with Crippen LogP contribution in [0.15, 0.2) is 72.0 Å². The number of carboxylic acids is 1. The van der Waals surface area contributed by atoms with Crippen molar-refractivity contribution in [3.63, 3.8) is 0 Å². The largest absolute Gasteiger partial charge is 1.00 e. The molecule has 0 saturated carbocycles. The van der Waals surface area contributed by atoms with Gasteiger partial charge in [-0.1, -0.05) is 93.5 Å². The Bertz CT molecular complexity index is 2130. The molecule has 0 atom stereocenters. The van der Waals surface area contributed by atoms with Gasteiger partial charge in [-0.25, -0.2) is 4.79 Å². The van der Waals surface area contributed by atoms with Gasteiger partial charge < -0.3 is 45.7 Å². The summed E-state index contributed by atoms with van der Waals surface area (Å²) in [6, 6.07) is 9.41. The molecular weight excluding hydrogens is 1020 g/mol. The number of rotatable bonds is 18. The van der Waals surface area contributed by atoms with E-state index >= 15 is 0 Å². The first-order valence-electron chi connectivity index (χ1n) is 14.8. The number of nitrogens with zero attached hydrogens (tertiary/aromatic N) is 2. The second-order valence-corrected chi connectivity index (χ2v) is 16.8. The summed E-state index contributed by atoms with van der Waals surface area (Å²) < 4.78 is 35.5. The van der Waals surface area contributed by atoms with Gasteiger partial charge in [0, 0.05) is 51.9 Å². The molecule has 3 aromatic rings. The predicted octanol–water partition coefficient (Wildman–Crippen LogP) is -2.19. The van der Waals surface area contributed by atoms with Crippen molar-refractivity contribution in [1.29, 1.82) is 0 Å². The number of halogens is 3. The van der Waals surface area contributed by atoms with Crippen LogP contribution in [0.25, 0.3) is 17.2 Å². The van der Waals surface area contributed by atoms with Crippen LogP contribution in [0.3, 0.4) is 0 Å². The van der Waals surface area contributed by atoms with E-state index in [1.165, 1.54) is 58.0 Å². The molecule has 56 heavy (non-hydrogen) atoms. The van der Waals surface area contributed by atoms with Crippen molar-refractivity contribution >= 4 is 115 Å². The average molecular weight is 1050 g/mol. The Hall–Kier alpha value is -2.00. The third-order valence-corrected chi connectivity index (χ3v) is 11.3. The van der Waals surface area contributed by atoms with Crippen LogP contribution in [0.5, 0.6) is 17.2 Å². The molecule has 0 heterocycles. The molecule has 2 amide bonds. The van der Waals surface area contributed by atoms with Gasteiger partial charge in [0.05, 0.1) is 4.47 Å². The zero-order chi connectivity index (χ0) is 40.2. The molecule has 0 spiro atoms. The Morgan fingerprint density at radius 2 is 1.34 bits per heavy atom. The van der Waals surface area contributed by atoms with E-state index < -0.39 is 45.4 Å². The van der Waals surface area contributed by atoms with Gasteiger partial charge in [-0.2, -0.15) is 8.42 Å². The van der Waals surface area contributed by atoms with E-state index in [-0.39, 0.29) is 133 Å². The van der Waals surface area contributed by atoms with E-state index in [1.54, 1.807) is 0 Å². The van der Waals surface area contributed by atoms with Crippen LogP contribution in [-0.2, 0) is 41.8 Å². The number of nitrogens with one attached hydrogen (secondary N) is 2. The summed E-state index contributed by atoms with van der Waals surface area (Å²) in [6.07, 6.45) is 0.462. The third-order valence-electron chi connectivity index (χ3n) is 6.71. The number of hydrogen-bond acceptors (Lipinski definition) is 15. The quantitative estimate of drug-likeness (QED) is 0.00820. The topological polar surface area (TPSA) is 291 Å². The maximum atomic E-state index is 13.1. The van der Waals surface area contributed by atoms with Crippen LogP contribution in [0.2, 0.25) is 0 Å². The molecule has 0 bridgehead atoms. The molecule has 290 valence electrons. The number of amides is 2. The van der Waals surface area contributed by atoms with Gasteiger partial charge in [0.1, 0.15) is 17.2 Å². The fourth-order valence-electron chi connectivity index (χ4n) is 4.34. The van der Waals surface area contributed by atoms with Gasteiger partial charge in [0.25, 0.3) is 11.8 Å². The minimum Gasteiger partial charge on any atom is -0.872 e. The van der Waals surface area contributed by atoms with Gasteiger partial charge in [0.15, 0.2) is 0 Å². The zero-order valence-corrected chi connectivity index (χ0v) is 40.3. The summed E-state index contributed by atoms with van der Waals surface area (Å²) in [4.78, 5) is 36.6. The first-order chi connectivity index (χ1) is 25.4. The van der Waals surface area contributed by atoms with Crippen LogP contribution >= 0.6 is 69.4 Å². The second kappa shape index (κ2) is 24.8. The van der Waals surface area contributed by atoms with E-state index in [1.807, 2.05) is 0 Å². The van der Waals surface area contributed by atoms with Crippen molar-refractivity contribution in [2.45, 2.75) is 12.8 Å². The molecule has 25 heteroatoms. The Balaban J connectivity index is 0.00000784. The number of carbonyl (C=O) groups excluding carboxylic acids is 2. The van der Waals surface area contributed by atoms with Gasteiger partial charge >= 0.3 is 75.5 Å². The van der Waals surface area contributed by atoms with Gasteiger partial charge in [-0.15, -0.1) is 0 Å². The molecular formula is C31H27Br3N4Na2O13S3. The van der Waals surface area contributed by atoms with E-state index in [4.69, 9.17) is 4.55 Å². The number of phenolic OH excluding ortho intramolecular Hbond substituents is 1. The minimum absolute atomic E-state index is 0. The van der Waals surface area contributed by atoms with Crippen molar-refractivity contribution < 1.29 is 121 Å². The van der Waals surface area contributed by atoms with Crippen molar-refractivity contribution in [3.05, 3.63) is 78.3 Å². The van der Waals surface area contributed by atoms with E-state index in [0.717, 1.165) is 12.1 Å². The number of aromatic hydroxyl groups is 1. The molecule has 0 aliphatic carbocycles. The molecule has 0 aliphatic rings. The summed E-state index contributed by atoms with van der Waals surface area (Å²) in [7, 11) is -2.42. The number of hydrogen-bond donors (Lipinski definition) is 7. The number of carbonyl (C=O) groups is 3. The van der Waals surface area contributed by atoms with Crippen LogP contribution in [0, 0.1) is 0 Å². The average Bonchev–Trinajstić information content (AvgIpc) is 3.10. The third kappa shape index (κ3) is 16.3. The number of oxime groups is 2. The first kappa shape index (κ1) is 52.0. The molecule has 0 radical (unpaired) electrons. The molecule has 0 saturated heterocycles. The maximum absolute atomic E-state index is 13.1. The SMILES string of the molecule is O=C(O)/C(=C/c1cc(Br)c(O)c(-c2cc(C/C(=N\O)C(=O)NCCSSCCNC(=O)/C(Cc3ccc([O-])c(Br)c3)=N/O)cc(Br)c2[O-])c1)OS(=O)(=O)O.[Na+].[Na+]. The molecule has 17 nitrogen and oxygen atoms in total. The maximum Gasteiger partial charge on any atom is 1.00 e. The molecule has 7 N–H and O–H groups in total. The summed E-state index contributed by atoms with van der Waals surface area (Å²) >= 11 is 9.36. The van der Waals surface area contributed by atoms with E-state index in [0.29, 0.717) is 21.5 Å². The number of benzene rings is 3. The summed E-state index contributed by atoms with van der Waals surface area (Å²) in [5.41, 5.74) is 0.0991. The van der Waals surface area contributed by atoms with Crippen LogP contribution in [0.4, 0.5) is 0 Å². The van der Waals surface area contributed by atoms with E-state index in [9.17, 15) is 53.6 Å². The number of phenols is 1. The predicted molar refractivity (Wildman–Crippen MR) is 207 cm³/mol. The van der Waals surface area contributed by atoms with Crippen LogP contribution in [-0.4, -0.2) is 87.4 Å². The summed E-state index contributed by atoms with van der Waals surface area (Å²) in [6.45, 7) is 0.408. The zero-order valence-electron chi connectivity index (χ0n) is 29.1. The fourth-order valence-corrected chi connectivity index (χ4v) is 7.92. The molecule has 3 rings (SSSR count). The summed E-state index contributed by atoms with van der Waals surface area (Å²) in [5, 5.41) is 74.9. The summed E-state index contributed by atoms with van der Waals surface area (Å²) in [5.74, 6) is -4.73.